The van der Waals surface area contributed by atoms with Crippen LogP contribution in [0.1, 0.15) is 47.0 Å². The summed E-state index contributed by atoms with van der Waals surface area (Å²) in [5.41, 5.74) is 0. The molecule has 2 saturated carbocycles. The molecule has 3 aliphatic rings. The summed E-state index contributed by atoms with van der Waals surface area (Å²) in [7, 11) is 0. The molecule has 0 spiro atoms. The first kappa shape index (κ1) is 15.3. The van der Waals surface area contributed by atoms with Gasteiger partial charge in [-0.2, -0.15) is 0 Å². The van der Waals surface area contributed by atoms with E-state index in [4.69, 9.17) is 14.2 Å². The van der Waals surface area contributed by atoms with Gasteiger partial charge in [0.2, 0.25) is 0 Å². The van der Waals surface area contributed by atoms with E-state index in [-0.39, 0.29) is 18.0 Å². The average molecular weight is 296 g/mol. The minimum absolute atomic E-state index is 0.0186. The van der Waals surface area contributed by atoms with E-state index in [0.717, 1.165) is 24.7 Å². The van der Waals surface area contributed by atoms with Gasteiger partial charge in [0, 0.05) is 0 Å². The number of rotatable bonds is 4. The maximum atomic E-state index is 12.4. The fraction of sp³-hybridized carbons (Fsp3) is 0.941. The largest absolute Gasteiger partial charge is 0.463 e. The molecule has 0 aromatic heterocycles. The third kappa shape index (κ3) is 2.72. The summed E-state index contributed by atoms with van der Waals surface area (Å²) in [5.74, 6) is 2.24. The summed E-state index contributed by atoms with van der Waals surface area (Å²) in [6.45, 7) is 9.43. The van der Waals surface area contributed by atoms with Crippen LogP contribution in [0.5, 0.6) is 0 Å². The lowest BCUT2D eigenvalue weighted by molar-refractivity contribution is -0.170. The number of hydrogen-bond acceptors (Lipinski definition) is 4. The smallest absolute Gasteiger partial charge is 0.309 e. The van der Waals surface area contributed by atoms with Gasteiger partial charge in [0.1, 0.15) is 12.7 Å². The van der Waals surface area contributed by atoms with Gasteiger partial charge in [0.15, 0.2) is 5.79 Å². The second-order valence-electron chi connectivity index (χ2n) is 7.39. The Morgan fingerprint density at radius 1 is 1.29 bits per heavy atom. The van der Waals surface area contributed by atoms with Crippen molar-refractivity contribution in [2.45, 2.75) is 58.8 Å². The molecule has 0 N–H and O–H groups in total. The fourth-order valence-electron chi connectivity index (χ4n) is 4.45. The molecule has 3 fully saturated rings. The van der Waals surface area contributed by atoms with E-state index in [1.54, 1.807) is 0 Å². The summed E-state index contributed by atoms with van der Waals surface area (Å²) in [6.07, 6.45) is 2.91. The normalized spacial score (nSPS) is 48.8. The molecule has 2 bridgehead atoms. The van der Waals surface area contributed by atoms with Crippen LogP contribution in [-0.2, 0) is 19.0 Å². The van der Waals surface area contributed by atoms with Gasteiger partial charge in [-0.15, -0.1) is 0 Å². The topological polar surface area (TPSA) is 44.8 Å². The number of esters is 1. The van der Waals surface area contributed by atoms with Crippen molar-refractivity contribution in [1.82, 2.24) is 0 Å². The minimum atomic E-state index is -0.507. The number of carbonyl (C=O) groups excluding carboxylic acids is 1. The SMILES string of the molecule is CCC1(C)OCC(COC(=O)C2CC3CC2C(C)C3C)O1. The minimum Gasteiger partial charge on any atom is -0.463 e. The highest BCUT2D eigenvalue weighted by molar-refractivity contribution is 5.73. The van der Waals surface area contributed by atoms with E-state index in [9.17, 15) is 4.79 Å². The Morgan fingerprint density at radius 3 is 2.62 bits per heavy atom. The fourth-order valence-corrected chi connectivity index (χ4v) is 4.45. The van der Waals surface area contributed by atoms with Crippen molar-refractivity contribution in [3.8, 4) is 0 Å². The molecule has 0 aromatic carbocycles. The molecule has 2 aliphatic carbocycles. The Kier molecular flexibility index (Phi) is 4.04. The zero-order chi connectivity index (χ0) is 15.2. The highest BCUT2D eigenvalue weighted by atomic mass is 16.7. The van der Waals surface area contributed by atoms with Gasteiger partial charge in [0.25, 0.3) is 0 Å². The first-order valence-electron chi connectivity index (χ1n) is 8.42. The maximum Gasteiger partial charge on any atom is 0.309 e. The highest BCUT2D eigenvalue weighted by Crippen LogP contribution is 2.55. The summed E-state index contributed by atoms with van der Waals surface area (Å²) < 4.78 is 17.0. The van der Waals surface area contributed by atoms with Gasteiger partial charge in [0.05, 0.1) is 12.5 Å². The van der Waals surface area contributed by atoms with Crippen molar-refractivity contribution < 1.29 is 19.0 Å². The van der Waals surface area contributed by atoms with Crippen molar-refractivity contribution in [3.05, 3.63) is 0 Å². The van der Waals surface area contributed by atoms with Crippen LogP contribution in [0.2, 0.25) is 0 Å². The lowest BCUT2D eigenvalue weighted by Gasteiger charge is -2.30. The Labute approximate surface area is 127 Å². The first-order valence-corrected chi connectivity index (χ1v) is 8.42. The van der Waals surface area contributed by atoms with Crippen LogP contribution in [0.15, 0.2) is 0 Å². The zero-order valence-corrected chi connectivity index (χ0v) is 13.6. The number of hydrogen-bond donors (Lipinski definition) is 0. The van der Waals surface area contributed by atoms with Crippen LogP contribution in [0.3, 0.4) is 0 Å². The number of ether oxygens (including phenoxy) is 3. The predicted octanol–water partition coefficient (Wildman–Crippen LogP) is 3.00. The van der Waals surface area contributed by atoms with E-state index in [1.165, 1.54) is 6.42 Å². The van der Waals surface area contributed by atoms with Crippen molar-refractivity contribution >= 4 is 5.97 Å². The molecule has 1 saturated heterocycles. The molecule has 7 unspecified atom stereocenters. The van der Waals surface area contributed by atoms with E-state index in [0.29, 0.717) is 25.0 Å². The van der Waals surface area contributed by atoms with Crippen LogP contribution in [0, 0.1) is 29.6 Å². The molecule has 3 rings (SSSR count). The molecule has 7 atom stereocenters. The number of carbonyl (C=O) groups is 1. The monoisotopic (exact) mass is 296 g/mol. The van der Waals surface area contributed by atoms with Crippen LogP contribution >= 0.6 is 0 Å². The summed E-state index contributed by atoms with van der Waals surface area (Å²) in [5, 5.41) is 0. The molecule has 120 valence electrons. The molecular formula is C17H28O4. The molecule has 0 aromatic rings. The van der Waals surface area contributed by atoms with E-state index < -0.39 is 5.79 Å². The molecular weight excluding hydrogens is 268 g/mol. The molecule has 4 heteroatoms. The van der Waals surface area contributed by atoms with Gasteiger partial charge >= 0.3 is 5.97 Å². The predicted molar refractivity (Wildman–Crippen MR) is 78.5 cm³/mol. The van der Waals surface area contributed by atoms with Gasteiger partial charge in [-0.1, -0.05) is 20.8 Å². The lowest BCUT2D eigenvalue weighted by atomic mass is 9.76. The van der Waals surface area contributed by atoms with Gasteiger partial charge in [-0.05, 0) is 49.9 Å². The van der Waals surface area contributed by atoms with Gasteiger partial charge < -0.3 is 14.2 Å². The van der Waals surface area contributed by atoms with E-state index in [1.807, 2.05) is 13.8 Å². The van der Waals surface area contributed by atoms with E-state index in [2.05, 4.69) is 13.8 Å². The summed E-state index contributed by atoms with van der Waals surface area (Å²) in [6, 6.07) is 0. The molecule has 0 amide bonds. The molecule has 0 radical (unpaired) electrons. The van der Waals surface area contributed by atoms with Gasteiger partial charge in [-0.25, -0.2) is 0 Å². The van der Waals surface area contributed by atoms with Crippen LogP contribution < -0.4 is 0 Å². The van der Waals surface area contributed by atoms with Crippen molar-refractivity contribution in [1.29, 1.82) is 0 Å². The number of fused-ring (bicyclic) bond motifs is 2. The Bertz CT molecular complexity index is 408. The van der Waals surface area contributed by atoms with E-state index >= 15 is 0 Å². The lowest BCUT2D eigenvalue weighted by Crippen LogP contribution is -2.33. The third-order valence-corrected chi connectivity index (χ3v) is 6.24. The van der Waals surface area contributed by atoms with Crippen molar-refractivity contribution in [2.24, 2.45) is 29.6 Å². The summed E-state index contributed by atoms with van der Waals surface area (Å²) in [4.78, 5) is 12.4. The molecule has 21 heavy (non-hydrogen) atoms. The molecule has 4 nitrogen and oxygen atoms in total. The molecule has 1 heterocycles. The van der Waals surface area contributed by atoms with Crippen LogP contribution in [-0.4, -0.2) is 31.1 Å². The Balaban J connectivity index is 1.48. The average Bonchev–Trinajstić information content (AvgIpc) is 3.13. The highest BCUT2D eigenvalue weighted by Gasteiger charge is 2.51. The first-order chi connectivity index (χ1) is 9.93. The van der Waals surface area contributed by atoms with Crippen LogP contribution in [0.4, 0.5) is 0 Å². The Morgan fingerprint density at radius 2 is 2.05 bits per heavy atom. The quantitative estimate of drug-likeness (QED) is 0.748. The Hall–Kier alpha value is -0.610. The standard InChI is InChI=1S/C17H28O4/c1-5-17(4)20-9-13(21-17)8-19-16(18)15-7-12-6-14(15)11(3)10(12)2/h10-15H,5-9H2,1-4H3. The second-order valence-corrected chi connectivity index (χ2v) is 7.39. The second kappa shape index (κ2) is 5.54. The van der Waals surface area contributed by atoms with Crippen LogP contribution in [0.25, 0.3) is 0 Å². The molecule has 1 aliphatic heterocycles. The maximum absolute atomic E-state index is 12.4. The summed E-state index contributed by atoms with van der Waals surface area (Å²) >= 11 is 0. The van der Waals surface area contributed by atoms with Crippen molar-refractivity contribution in [3.63, 3.8) is 0 Å². The zero-order valence-electron chi connectivity index (χ0n) is 13.6. The van der Waals surface area contributed by atoms with Crippen molar-refractivity contribution in [2.75, 3.05) is 13.2 Å². The van der Waals surface area contributed by atoms with Gasteiger partial charge in [-0.3, -0.25) is 4.79 Å². The third-order valence-electron chi connectivity index (χ3n) is 6.24.